The zero-order valence-corrected chi connectivity index (χ0v) is 13.2. The van der Waals surface area contributed by atoms with E-state index < -0.39 is 0 Å². The summed E-state index contributed by atoms with van der Waals surface area (Å²) in [6, 6.07) is 7.23. The minimum atomic E-state index is 0.0931. The molecule has 0 saturated heterocycles. The number of rotatable bonds is 6. The standard InChI is InChI=1S/C16H23ClN2O2/c1-19(16(20)15-4-2-3-12(15)11-18)9-10-21-14-7-5-13(17)6-8-14/h5-8,12,15H,2-4,9-11,18H2,1H3/t12-,15-/m1/s1. The fourth-order valence-corrected chi connectivity index (χ4v) is 2.99. The average Bonchev–Trinajstić information content (AvgIpc) is 2.96. The first-order valence-electron chi connectivity index (χ1n) is 7.45. The van der Waals surface area contributed by atoms with Crippen LogP contribution in [-0.4, -0.2) is 37.6 Å². The molecule has 0 unspecified atom stereocenters. The number of nitrogens with zero attached hydrogens (tertiary/aromatic N) is 1. The molecule has 1 aromatic rings. The van der Waals surface area contributed by atoms with Crippen molar-refractivity contribution in [1.82, 2.24) is 4.90 Å². The van der Waals surface area contributed by atoms with Crippen molar-refractivity contribution in [3.8, 4) is 5.75 Å². The molecule has 1 aromatic carbocycles. The lowest BCUT2D eigenvalue weighted by Gasteiger charge is -2.24. The summed E-state index contributed by atoms with van der Waals surface area (Å²) in [5, 5.41) is 0.684. The number of halogens is 1. The largest absolute Gasteiger partial charge is 0.492 e. The van der Waals surface area contributed by atoms with Gasteiger partial charge in [0.2, 0.25) is 5.91 Å². The van der Waals surface area contributed by atoms with E-state index in [1.54, 1.807) is 17.0 Å². The molecule has 0 heterocycles. The molecule has 0 aromatic heterocycles. The van der Waals surface area contributed by atoms with E-state index in [1.807, 2.05) is 19.2 Å². The Morgan fingerprint density at radius 1 is 1.38 bits per heavy atom. The highest BCUT2D eigenvalue weighted by atomic mass is 35.5. The number of hydrogen-bond donors (Lipinski definition) is 1. The van der Waals surface area contributed by atoms with Crippen LogP contribution in [-0.2, 0) is 4.79 Å². The Morgan fingerprint density at radius 2 is 2.10 bits per heavy atom. The highest BCUT2D eigenvalue weighted by Crippen LogP contribution is 2.32. The molecule has 0 spiro atoms. The molecule has 1 aliphatic rings. The van der Waals surface area contributed by atoms with Crippen molar-refractivity contribution >= 4 is 17.5 Å². The molecule has 2 N–H and O–H groups in total. The third-order valence-electron chi connectivity index (χ3n) is 4.16. The molecule has 1 fully saturated rings. The van der Waals surface area contributed by atoms with Crippen LogP contribution in [0.2, 0.25) is 5.02 Å². The highest BCUT2D eigenvalue weighted by molar-refractivity contribution is 6.30. The molecule has 1 aliphatic carbocycles. The highest BCUT2D eigenvalue weighted by Gasteiger charge is 2.33. The second kappa shape index (κ2) is 7.66. The van der Waals surface area contributed by atoms with Crippen molar-refractivity contribution in [3.63, 3.8) is 0 Å². The Kier molecular flexibility index (Phi) is 5.88. The summed E-state index contributed by atoms with van der Waals surface area (Å²) < 4.78 is 5.62. The summed E-state index contributed by atoms with van der Waals surface area (Å²) in [5.41, 5.74) is 5.74. The van der Waals surface area contributed by atoms with Gasteiger partial charge < -0.3 is 15.4 Å². The molecule has 4 nitrogen and oxygen atoms in total. The first kappa shape index (κ1) is 16.1. The fraction of sp³-hybridized carbons (Fsp3) is 0.562. The third-order valence-corrected chi connectivity index (χ3v) is 4.42. The van der Waals surface area contributed by atoms with Crippen molar-refractivity contribution in [2.24, 2.45) is 17.6 Å². The third kappa shape index (κ3) is 4.35. The summed E-state index contributed by atoms with van der Waals surface area (Å²) in [5.74, 6) is 1.40. The van der Waals surface area contributed by atoms with Gasteiger partial charge in [0.05, 0.1) is 6.54 Å². The van der Waals surface area contributed by atoms with Gasteiger partial charge in [-0.05, 0) is 49.6 Å². The van der Waals surface area contributed by atoms with E-state index in [1.165, 1.54) is 0 Å². The molecule has 5 heteroatoms. The first-order chi connectivity index (χ1) is 10.1. The molecule has 116 valence electrons. The SMILES string of the molecule is CN(CCOc1ccc(Cl)cc1)C(=O)[C@@H]1CCC[C@@H]1CN. The number of carbonyl (C=O) groups is 1. The summed E-state index contributed by atoms with van der Waals surface area (Å²) in [4.78, 5) is 14.2. The summed E-state index contributed by atoms with van der Waals surface area (Å²) in [6.07, 6.45) is 3.14. The van der Waals surface area contributed by atoms with Crippen LogP contribution in [0.1, 0.15) is 19.3 Å². The molecular weight excluding hydrogens is 288 g/mol. The van der Waals surface area contributed by atoms with E-state index in [0.29, 0.717) is 30.6 Å². The summed E-state index contributed by atoms with van der Waals surface area (Å²) in [6.45, 7) is 1.66. The molecule has 0 radical (unpaired) electrons. The molecule has 2 rings (SSSR count). The van der Waals surface area contributed by atoms with E-state index in [-0.39, 0.29) is 11.8 Å². The molecule has 2 atom stereocenters. The Bertz CT molecular complexity index is 464. The van der Waals surface area contributed by atoms with Gasteiger partial charge in [-0.1, -0.05) is 18.0 Å². The van der Waals surface area contributed by atoms with Crippen molar-refractivity contribution in [3.05, 3.63) is 29.3 Å². The fourth-order valence-electron chi connectivity index (χ4n) is 2.87. The normalized spacial score (nSPS) is 21.3. The van der Waals surface area contributed by atoms with Gasteiger partial charge in [-0.3, -0.25) is 4.79 Å². The number of benzene rings is 1. The predicted molar refractivity (Wildman–Crippen MR) is 84.5 cm³/mol. The zero-order valence-electron chi connectivity index (χ0n) is 12.4. The van der Waals surface area contributed by atoms with Gasteiger partial charge in [-0.25, -0.2) is 0 Å². The number of hydrogen-bond acceptors (Lipinski definition) is 3. The van der Waals surface area contributed by atoms with Crippen molar-refractivity contribution < 1.29 is 9.53 Å². The van der Waals surface area contributed by atoms with Crippen LogP contribution in [0.15, 0.2) is 24.3 Å². The second-order valence-corrected chi connectivity index (χ2v) is 6.03. The van der Waals surface area contributed by atoms with Crippen LogP contribution in [0, 0.1) is 11.8 Å². The number of nitrogens with two attached hydrogens (primary N) is 1. The molecule has 21 heavy (non-hydrogen) atoms. The van der Waals surface area contributed by atoms with Crippen molar-refractivity contribution in [1.29, 1.82) is 0 Å². The monoisotopic (exact) mass is 310 g/mol. The van der Waals surface area contributed by atoms with Crippen molar-refractivity contribution in [2.45, 2.75) is 19.3 Å². The number of amides is 1. The quantitative estimate of drug-likeness (QED) is 0.878. The average molecular weight is 311 g/mol. The maximum absolute atomic E-state index is 12.4. The van der Waals surface area contributed by atoms with Crippen LogP contribution in [0.25, 0.3) is 0 Å². The minimum Gasteiger partial charge on any atom is -0.492 e. The van der Waals surface area contributed by atoms with Gasteiger partial charge in [0.15, 0.2) is 0 Å². The van der Waals surface area contributed by atoms with E-state index in [2.05, 4.69) is 0 Å². The zero-order chi connectivity index (χ0) is 15.2. The summed E-state index contributed by atoms with van der Waals surface area (Å²) in [7, 11) is 1.83. The smallest absolute Gasteiger partial charge is 0.225 e. The Labute approximate surface area is 131 Å². The predicted octanol–water partition coefficient (Wildman–Crippen LogP) is 2.55. The van der Waals surface area contributed by atoms with Gasteiger partial charge in [0, 0.05) is 18.0 Å². The first-order valence-corrected chi connectivity index (χ1v) is 7.83. The molecule has 1 amide bonds. The molecule has 0 bridgehead atoms. The van der Waals surface area contributed by atoms with E-state index in [4.69, 9.17) is 22.1 Å². The lowest BCUT2D eigenvalue weighted by molar-refractivity contribution is -0.135. The number of ether oxygens (including phenoxy) is 1. The topological polar surface area (TPSA) is 55.6 Å². The van der Waals surface area contributed by atoms with Gasteiger partial charge in [-0.15, -0.1) is 0 Å². The molecule has 1 saturated carbocycles. The Morgan fingerprint density at radius 3 is 2.76 bits per heavy atom. The van der Waals surface area contributed by atoms with Gasteiger partial charge in [0.25, 0.3) is 0 Å². The van der Waals surface area contributed by atoms with Gasteiger partial charge in [0.1, 0.15) is 12.4 Å². The lowest BCUT2D eigenvalue weighted by Crippen LogP contribution is -2.38. The van der Waals surface area contributed by atoms with E-state index in [9.17, 15) is 4.79 Å². The van der Waals surface area contributed by atoms with Crippen LogP contribution < -0.4 is 10.5 Å². The van der Waals surface area contributed by atoms with Gasteiger partial charge >= 0.3 is 0 Å². The van der Waals surface area contributed by atoms with E-state index in [0.717, 1.165) is 25.0 Å². The molecule has 0 aliphatic heterocycles. The number of likely N-dealkylation sites (N-methyl/N-ethyl adjacent to an activating group) is 1. The second-order valence-electron chi connectivity index (χ2n) is 5.60. The Hall–Kier alpha value is -1.26. The maximum Gasteiger partial charge on any atom is 0.225 e. The van der Waals surface area contributed by atoms with Gasteiger partial charge in [-0.2, -0.15) is 0 Å². The maximum atomic E-state index is 12.4. The number of carbonyl (C=O) groups excluding carboxylic acids is 1. The lowest BCUT2D eigenvalue weighted by atomic mass is 9.95. The summed E-state index contributed by atoms with van der Waals surface area (Å²) >= 11 is 5.82. The molecular formula is C16H23ClN2O2. The van der Waals surface area contributed by atoms with Crippen LogP contribution in [0.5, 0.6) is 5.75 Å². The van der Waals surface area contributed by atoms with Crippen LogP contribution in [0.4, 0.5) is 0 Å². The van der Waals surface area contributed by atoms with Crippen molar-refractivity contribution in [2.75, 3.05) is 26.7 Å². The Balaban J connectivity index is 1.77. The van der Waals surface area contributed by atoms with Crippen LogP contribution in [0.3, 0.4) is 0 Å². The van der Waals surface area contributed by atoms with E-state index >= 15 is 0 Å². The van der Waals surface area contributed by atoms with Crippen LogP contribution >= 0.6 is 11.6 Å². The minimum absolute atomic E-state index is 0.0931.